The number of aliphatic hydroxyl groups is 1. The van der Waals surface area contributed by atoms with Crippen molar-refractivity contribution in [2.24, 2.45) is 0 Å². The third-order valence-corrected chi connectivity index (χ3v) is 3.77. The van der Waals surface area contributed by atoms with Crippen LogP contribution in [0.3, 0.4) is 0 Å². The zero-order valence-corrected chi connectivity index (χ0v) is 11.9. The molecule has 2 aromatic heterocycles. The van der Waals surface area contributed by atoms with Crippen LogP contribution in [0.4, 0.5) is 0 Å². The Bertz CT molecular complexity index is 747. The molecule has 0 amide bonds. The fourth-order valence-electron chi connectivity index (χ4n) is 2.39. The van der Waals surface area contributed by atoms with Crippen LogP contribution in [0.15, 0.2) is 42.5 Å². The van der Waals surface area contributed by atoms with Crippen molar-refractivity contribution < 1.29 is 5.11 Å². The van der Waals surface area contributed by atoms with Crippen molar-refractivity contribution in [1.82, 2.24) is 9.38 Å². The van der Waals surface area contributed by atoms with Crippen molar-refractivity contribution in [3.05, 3.63) is 58.9 Å². The number of aryl methyl sites for hydroxylation is 1. The van der Waals surface area contributed by atoms with Gasteiger partial charge in [-0.05, 0) is 24.1 Å². The summed E-state index contributed by atoms with van der Waals surface area (Å²) in [6.45, 7) is 2.02. The second-order valence-corrected chi connectivity index (χ2v) is 5.05. The summed E-state index contributed by atoms with van der Waals surface area (Å²) in [4.78, 5) is 4.59. The van der Waals surface area contributed by atoms with Crippen LogP contribution >= 0.6 is 11.6 Å². The average molecular weight is 287 g/mol. The molecule has 0 aliphatic heterocycles. The smallest absolute Gasteiger partial charge is 0.138 e. The molecule has 0 saturated heterocycles. The van der Waals surface area contributed by atoms with Gasteiger partial charge in [-0.1, -0.05) is 48.9 Å². The van der Waals surface area contributed by atoms with Crippen LogP contribution in [0.25, 0.3) is 16.9 Å². The van der Waals surface area contributed by atoms with Gasteiger partial charge in [0, 0.05) is 5.56 Å². The van der Waals surface area contributed by atoms with Gasteiger partial charge in [-0.2, -0.15) is 0 Å². The number of nitrogens with zero attached hydrogens (tertiary/aromatic N) is 2. The van der Waals surface area contributed by atoms with E-state index in [9.17, 15) is 5.11 Å². The Morgan fingerprint density at radius 2 is 1.90 bits per heavy atom. The predicted octanol–water partition coefficient (Wildman–Crippen LogP) is 3.71. The fourth-order valence-corrected chi connectivity index (χ4v) is 2.65. The van der Waals surface area contributed by atoms with Crippen LogP contribution in [-0.4, -0.2) is 14.5 Å². The summed E-state index contributed by atoms with van der Waals surface area (Å²) in [6, 6.07) is 13.8. The topological polar surface area (TPSA) is 37.5 Å². The van der Waals surface area contributed by atoms with Crippen molar-refractivity contribution in [3.8, 4) is 11.3 Å². The van der Waals surface area contributed by atoms with E-state index in [1.807, 2.05) is 24.3 Å². The van der Waals surface area contributed by atoms with E-state index in [0.717, 1.165) is 29.0 Å². The first-order valence-electron chi connectivity index (χ1n) is 6.60. The average Bonchev–Trinajstić information content (AvgIpc) is 2.87. The molecular weight excluding hydrogens is 272 g/mol. The minimum absolute atomic E-state index is 0.101. The van der Waals surface area contributed by atoms with Crippen molar-refractivity contribution >= 4 is 17.2 Å². The van der Waals surface area contributed by atoms with E-state index in [0.29, 0.717) is 5.15 Å². The van der Waals surface area contributed by atoms with E-state index >= 15 is 0 Å². The van der Waals surface area contributed by atoms with Crippen LogP contribution < -0.4 is 0 Å². The number of benzene rings is 1. The highest BCUT2D eigenvalue weighted by Gasteiger charge is 2.14. The lowest BCUT2D eigenvalue weighted by molar-refractivity contribution is 0.276. The number of aromatic nitrogens is 2. The van der Waals surface area contributed by atoms with Gasteiger partial charge in [0.15, 0.2) is 0 Å². The highest BCUT2D eigenvalue weighted by molar-refractivity contribution is 6.29. The van der Waals surface area contributed by atoms with Crippen molar-refractivity contribution in [2.75, 3.05) is 0 Å². The number of halogens is 1. The largest absolute Gasteiger partial charge is 0.390 e. The van der Waals surface area contributed by atoms with E-state index in [-0.39, 0.29) is 6.61 Å². The summed E-state index contributed by atoms with van der Waals surface area (Å²) in [5.74, 6) is 0. The normalized spacial score (nSPS) is 11.2. The maximum absolute atomic E-state index is 9.67. The van der Waals surface area contributed by atoms with E-state index in [4.69, 9.17) is 11.6 Å². The molecule has 4 heteroatoms. The monoisotopic (exact) mass is 286 g/mol. The number of pyridine rings is 1. The molecule has 3 aromatic rings. The van der Waals surface area contributed by atoms with Gasteiger partial charge in [0.25, 0.3) is 0 Å². The molecule has 0 aliphatic carbocycles. The van der Waals surface area contributed by atoms with E-state index < -0.39 is 0 Å². The van der Waals surface area contributed by atoms with Gasteiger partial charge in [-0.25, -0.2) is 4.98 Å². The maximum atomic E-state index is 9.67. The van der Waals surface area contributed by atoms with Crippen molar-refractivity contribution in [2.45, 2.75) is 20.0 Å². The minimum atomic E-state index is -0.101. The Morgan fingerprint density at radius 1 is 1.15 bits per heavy atom. The molecule has 3 rings (SSSR count). The zero-order valence-electron chi connectivity index (χ0n) is 11.2. The molecule has 0 spiro atoms. The van der Waals surface area contributed by atoms with Crippen molar-refractivity contribution in [1.29, 1.82) is 0 Å². The molecule has 0 atom stereocenters. The summed E-state index contributed by atoms with van der Waals surface area (Å²) in [5, 5.41) is 10.2. The molecule has 1 N–H and O–H groups in total. The number of hydrogen-bond donors (Lipinski definition) is 1. The van der Waals surface area contributed by atoms with Crippen LogP contribution in [0.5, 0.6) is 0 Å². The first kappa shape index (κ1) is 13.2. The van der Waals surface area contributed by atoms with Gasteiger partial charge in [0.05, 0.1) is 18.0 Å². The number of fused-ring (bicyclic) bond motifs is 1. The second kappa shape index (κ2) is 5.27. The molecule has 102 valence electrons. The van der Waals surface area contributed by atoms with Gasteiger partial charge in [-0.15, -0.1) is 0 Å². The van der Waals surface area contributed by atoms with Gasteiger partial charge >= 0.3 is 0 Å². The number of aliphatic hydroxyl groups excluding tert-OH is 1. The first-order chi connectivity index (χ1) is 9.74. The van der Waals surface area contributed by atoms with Crippen LogP contribution in [0.1, 0.15) is 18.2 Å². The fraction of sp³-hybridized carbons (Fsp3) is 0.188. The molecular formula is C16H15ClN2O. The van der Waals surface area contributed by atoms with E-state index in [1.165, 1.54) is 5.56 Å². The molecule has 0 bridgehead atoms. The van der Waals surface area contributed by atoms with Crippen molar-refractivity contribution in [3.63, 3.8) is 0 Å². The molecule has 0 fully saturated rings. The first-order valence-corrected chi connectivity index (χ1v) is 6.98. The maximum Gasteiger partial charge on any atom is 0.138 e. The third-order valence-electron chi connectivity index (χ3n) is 3.48. The summed E-state index contributed by atoms with van der Waals surface area (Å²) < 4.78 is 1.78. The molecule has 20 heavy (non-hydrogen) atoms. The summed E-state index contributed by atoms with van der Waals surface area (Å²) in [6.07, 6.45) is 1.00. The number of hydrogen-bond acceptors (Lipinski definition) is 2. The van der Waals surface area contributed by atoms with Gasteiger partial charge in [0.1, 0.15) is 10.8 Å². The van der Waals surface area contributed by atoms with Crippen LogP contribution in [-0.2, 0) is 13.0 Å². The standard InChI is InChI=1S/C16H15ClN2O/c1-2-11-6-8-12(9-7-11)16-13(10-20)19-14(17)4-3-5-15(19)18-16/h3-9,20H,2,10H2,1H3. The highest BCUT2D eigenvalue weighted by Crippen LogP contribution is 2.27. The lowest BCUT2D eigenvalue weighted by Gasteiger charge is -2.04. The Morgan fingerprint density at radius 3 is 2.55 bits per heavy atom. The zero-order chi connectivity index (χ0) is 14.1. The summed E-state index contributed by atoms with van der Waals surface area (Å²) in [7, 11) is 0. The molecule has 1 aromatic carbocycles. The number of imidazole rings is 1. The lowest BCUT2D eigenvalue weighted by atomic mass is 10.1. The SMILES string of the molecule is CCc1ccc(-c2nc3cccc(Cl)n3c2CO)cc1. The van der Waals surface area contributed by atoms with E-state index in [2.05, 4.69) is 24.0 Å². The predicted molar refractivity (Wildman–Crippen MR) is 80.9 cm³/mol. The quantitative estimate of drug-likeness (QED) is 0.745. The van der Waals surface area contributed by atoms with Gasteiger partial charge in [-0.3, -0.25) is 4.40 Å². The molecule has 0 radical (unpaired) electrons. The van der Waals surface area contributed by atoms with Crippen LogP contribution in [0, 0.1) is 0 Å². The molecule has 0 aliphatic rings. The summed E-state index contributed by atoms with van der Waals surface area (Å²) in [5.41, 5.74) is 4.52. The summed E-state index contributed by atoms with van der Waals surface area (Å²) >= 11 is 6.20. The Hall–Kier alpha value is -1.84. The van der Waals surface area contributed by atoms with Crippen LogP contribution in [0.2, 0.25) is 5.15 Å². The molecule has 0 unspecified atom stereocenters. The second-order valence-electron chi connectivity index (χ2n) is 4.66. The number of rotatable bonds is 3. The van der Waals surface area contributed by atoms with Gasteiger partial charge < -0.3 is 5.11 Å². The van der Waals surface area contributed by atoms with Gasteiger partial charge in [0.2, 0.25) is 0 Å². The molecule has 2 heterocycles. The molecule has 3 nitrogen and oxygen atoms in total. The Kier molecular flexibility index (Phi) is 3.47. The minimum Gasteiger partial charge on any atom is -0.390 e. The van der Waals surface area contributed by atoms with E-state index in [1.54, 1.807) is 10.5 Å². The third kappa shape index (κ3) is 2.09. The highest BCUT2D eigenvalue weighted by atomic mass is 35.5. The lowest BCUT2D eigenvalue weighted by Crippen LogP contribution is -1.95. The Balaban J connectivity index is 2.22. The Labute approximate surface area is 122 Å². The molecule has 0 saturated carbocycles.